The molecule has 9 heteroatoms. The van der Waals surface area contributed by atoms with E-state index < -0.39 is 0 Å². The third kappa shape index (κ3) is 4.97. The third-order valence-electron chi connectivity index (χ3n) is 5.78. The zero-order valence-electron chi connectivity index (χ0n) is 19.0. The highest BCUT2D eigenvalue weighted by Gasteiger charge is 2.34. The first-order chi connectivity index (χ1) is 15.2. The van der Waals surface area contributed by atoms with E-state index in [0.717, 1.165) is 39.7 Å². The predicted molar refractivity (Wildman–Crippen MR) is 129 cm³/mol. The van der Waals surface area contributed by atoms with Gasteiger partial charge in [-0.05, 0) is 31.4 Å². The summed E-state index contributed by atoms with van der Waals surface area (Å²) in [5.74, 6) is 0.552. The molecule has 4 rings (SSSR count). The summed E-state index contributed by atoms with van der Waals surface area (Å²) in [6.45, 7) is 8.81. The number of amides is 1. The highest BCUT2D eigenvalue weighted by Crippen LogP contribution is 2.36. The van der Waals surface area contributed by atoms with E-state index in [1.807, 2.05) is 51.9 Å². The van der Waals surface area contributed by atoms with Gasteiger partial charge in [0.25, 0.3) is 0 Å². The van der Waals surface area contributed by atoms with Crippen LogP contribution in [0.25, 0.3) is 0 Å². The molecule has 0 spiro atoms. The number of halogens is 1. The number of aryl methyl sites for hydroxylation is 2. The number of hydrogen-bond donors (Lipinski definition) is 2. The Balaban J connectivity index is 0.00000306. The molecule has 0 saturated heterocycles. The van der Waals surface area contributed by atoms with Crippen LogP contribution in [0.4, 0.5) is 21.6 Å². The zero-order chi connectivity index (χ0) is 23.0. The van der Waals surface area contributed by atoms with Gasteiger partial charge in [0.2, 0.25) is 5.91 Å². The van der Waals surface area contributed by atoms with E-state index in [0.29, 0.717) is 13.1 Å². The minimum absolute atomic E-state index is 0. The van der Waals surface area contributed by atoms with Crippen LogP contribution in [0.1, 0.15) is 43.8 Å². The molecule has 1 amide bonds. The van der Waals surface area contributed by atoms with Gasteiger partial charge in [-0.25, -0.2) is 9.37 Å². The average molecular weight is 454 g/mol. The van der Waals surface area contributed by atoms with Crippen molar-refractivity contribution in [1.29, 1.82) is 0 Å². The van der Waals surface area contributed by atoms with E-state index in [1.165, 1.54) is 12.3 Å². The minimum Gasteiger partial charge on any atom is -0.366 e. The van der Waals surface area contributed by atoms with Crippen LogP contribution in [0.15, 0.2) is 30.7 Å². The van der Waals surface area contributed by atoms with Crippen molar-refractivity contribution < 1.29 is 9.18 Å². The number of anilines is 3. The minimum atomic E-state index is -0.352. The summed E-state index contributed by atoms with van der Waals surface area (Å²) >= 11 is 0. The lowest BCUT2D eigenvalue weighted by atomic mass is 9.98. The lowest BCUT2D eigenvalue weighted by molar-refractivity contribution is -0.118. The van der Waals surface area contributed by atoms with Crippen LogP contribution in [0.3, 0.4) is 0 Å². The van der Waals surface area contributed by atoms with Crippen LogP contribution in [-0.4, -0.2) is 38.7 Å². The maximum atomic E-state index is 13.5. The van der Waals surface area contributed by atoms with E-state index in [1.54, 1.807) is 10.9 Å². The number of nitrogens with zero attached hydrogens (tertiary/aromatic N) is 5. The van der Waals surface area contributed by atoms with E-state index >= 15 is 0 Å². The number of likely N-dealkylation sites (N-methyl/N-ethyl adjacent to an activating group) is 1. The smallest absolute Gasteiger partial charge is 0.247 e. The van der Waals surface area contributed by atoms with Crippen molar-refractivity contribution in [3.05, 3.63) is 59.1 Å². The van der Waals surface area contributed by atoms with Crippen molar-refractivity contribution in [3.63, 3.8) is 0 Å². The maximum Gasteiger partial charge on any atom is 0.247 e. The van der Waals surface area contributed by atoms with Gasteiger partial charge in [-0.15, -0.1) is 0 Å². The van der Waals surface area contributed by atoms with E-state index in [4.69, 9.17) is 0 Å². The van der Waals surface area contributed by atoms with Crippen molar-refractivity contribution in [2.75, 3.05) is 22.6 Å². The molecule has 4 heterocycles. The molecule has 0 fully saturated rings. The second-order valence-corrected chi connectivity index (χ2v) is 8.57. The summed E-state index contributed by atoms with van der Waals surface area (Å²) < 4.78 is 15.3. The highest BCUT2D eigenvalue weighted by atomic mass is 19.1. The number of pyridine rings is 2. The molecule has 0 radical (unpaired) electrons. The Hall–Kier alpha value is -3.49. The van der Waals surface area contributed by atoms with Crippen molar-refractivity contribution >= 4 is 23.1 Å². The molecule has 0 aromatic carbocycles. The summed E-state index contributed by atoms with van der Waals surface area (Å²) in [6, 6.07) is 3.22. The fourth-order valence-electron chi connectivity index (χ4n) is 4.11. The number of hydrogen-bond acceptors (Lipinski definition) is 6. The SMILES string of the molecule is C.Cc1ncc(F)cc1Cn1cc(CNc2cc3c(c(C)n2)NC(=O)[C@H](C(C)C)N3C)cn1. The van der Waals surface area contributed by atoms with Crippen molar-refractivity contribution in [2.45, 2.75) is 54.3 Å². The summed E-state index contributed by atoms with van der Waals surface area (Å²) in [6.07, 6.45) is 4.92. The number of carbonyl (C=O) groups excluding carboxylic acids is 1. The second-order valence-electron chi connectivity index (χ2n) is 8.57. The Morgan fingerprint density at radius 2 is 1.97 bits per heavy atom. The maximum absolute atomic E-state index is 13.5. The number of carbonyl (C=O) groups is 1. The highest BCUT2D eigenvalue weighted by molar-refractivity contribution is 6.04. The van der Waals surface area contributed by atoms with Crippen LogP contribution in [-0.2, 0) is 17.9 Å². The first kappa shape index (κ1) is 24.2. The van der Waals surface area contributed by atoms with Crippen molar-refractivity contribution in [1.82, 2.24) is 19.7 Å². The number of nitrogens with one attached hydrogen (secondary N) is 2. The molecular weight excluding hydrogens is 421 g/mol. The molecule has 1 aliphatic rings. The van der Waals surface area contributed by atoms with E-state index in [9.17, 15) is 9.18 Å². The summed E-state index contributed by atoms with van der Waals surface area (Å²) in [4.78, 5) is 23.2. The van der Waals surface area contributed by atoms with Gasteiger partial charge in [0.1, 0.15) is 17.7 Å². The largest absolute Gasteiger partial charge is 0.366 e. The average Bonchev–Trinajstić information content (AvgIpc) is 3.17. The lowest BCUT2D eigenvalue weighted by Crippen LogP contribution is -2.49. The van der Waals surface area contributed by atoms with Gasteiger partial charge in [-0.3, -0.25) is 14.5 Å². The lowest BCUT2D eigenvalue weighted by Gasteiger charge is -2.38. The third-order valence-corrected chi connectivity index (χ3v) is 5.78. The Labute approximate surface area is 194 Å². The van der Waals surface area contributed by atoms with Gasteiger partial charge >= 0.3 is 0 Å². The number of rotatable bonds is 6. The van der Waals surface area contributed by atoms with Crippen LogP contribution < -0.4 is 15.5 Å². The molecule has 3 aromatic rings. The Kier molecular flexibility index (Phi) is 7.00. The summed E-state index contributed by atoms with van der Waals surface area (Å²) in [5.41, 5.74) is 5.02. The molecule has 0 aliphatic carbocycles. The molecule has 1 atom stereocenters. The van der Waals surface area contributed by atoms with Crippen LogP contribution >= 0.6 is 0 Å². The standard InChI is InChI=1S/C23H28FN7O.CH4/c1-13(2)22-23(32)29-21-15(4)28-20(7-19(21)30(22)5)26-8-16-9-27-31(11-16)12-17-6-18(24)10-25-14(17)3;/h6-7,9-11,13,22H,8,12H2,1-5H3,(H,26,28)(H,29,32);1H4/t22-;/m0./s1. The number of aromatic nitrogens is 4. The van der Waals surface area contributed by atoms with Gasteiger partial charge in [0.05, 0.1) is 36.0 Å². The zero-order valence-corrected chi connectivity index (χ0v) is 19.0. The summed E-state index contributed by atoms with van der Waals surface area (Å²) in [5, 5.41) is 10.7. The van der Waals surface area contributed by atoms with Gasteiger partial charge < -0.3 is 15.5 Å². The van der Waals surface area contributed by atoms with Gasteiger partial charge in [0.15, 0.2) is 0 Å². The molecule has 33 heavy (non-hydrogen) atoms. The summed E-state index contributed by atoms with van der Waals surface area (Å²) in [7, 11) is 1.94. The molecule has 3 aromatic heterocycles. The molecule has 0 bridgehead atoms. The van der Waals surface area contributed by atoms with Crippen molar-refractivity contribution in [2.24, 2.45) is 5.92 Å². The molecule has 8 nitrogen and oxygen atoms in total. The predicted octanol–water partition coefficient (Wildman–Crippen LogP) is 4.14. The van der Waals surface area contributed by atoms with Crippen LogP contribution in [0, 0.1) is 25.6 Å². The monoisotopic (exact) mass is 453 g/mol. The van der Waals surface area contributed by atoms with Gasteiger partial charge in [-0.2, -0.15) is 5.10 Å². The molecule has 0 unspecified atom stereocenters. The van der Waals surface area contributed by atoms with Gasteiger partial charge in [0, 0.05) is 37.1 Å². The van der Waals surface area contributed by atoms with Crippen molar-refractivity contribution in [3.8, 4) is 0 Å². The quantitative estimate of drug-likeness (QED) is 0.583. The van der Waals surface area contributed by atoms with Crippen LogP contribution in [0.2, 0.25) is 0 Å². The molecule has 2 N–H and O–H groups in total. The Morgan fingerprint density at radius 3 is 2.70 bits per heavy atom. The van der Waals surface area contributed by atoms with E-state index in [-0.39, 0.29) is 31.1 Å². The fourth-order valence-corrected chi connectivity index (χ4v) is 4.11. The Bertz CT molecular complexity index is 1160. The fraction of sp³-hybridized carbons (Fsp3) is 0.417. The molecule has 0 saturated carbocycles. The second kappa shape index (κ2) is 9.56. The number of fused-ring (bicyclic) bond motifs is 1. The first-order valence-electron chi connectivity index (χ1n) is 10.6. The molecular formula is C24H32FN7O. The first-order valence-corrected chi connectivity index (χ1v) is 10.6. The van der Waals surface area contributed by atoms with Crippen LogP contribution in [0.5, 0.6) is 0 Å². The normalized spacial score (nSPS) is 15.2. The van der Waals surface area contributed by atoms with Gasteiger partial charge in [-0.1, -0.05) is 21.3 Å². The van der Waals surface area contributed by atoms with E-state index in [2.05, 4.69) is 25.7 Å². The topological polar surface area (TPSA) is 88.0 Å². The molecule has 176 valence electrons. The Morgan fingerprint density at radius 1 is 1.21 bits per heavy atom. The molecule has 1 aliphatic heterocycles.